The van der Waals surface area contributed by atoms with Gasteiger partial charge in [0, 0.05) is 5.56 Å². The Bertz CT molecular complexity index is 888. The minimum absolute atomic E-state index is 0.278. The summed E-state index contributed by atoms with van der Waals surface area (Å²) in [7, 11) is 1.47. The normalized spacial score (nSPS) is 10.1. The summed E-state index contributed by atoms with van der Waals surface area (Å²) in [5.74, 6) is -6.62. The van der Waals surface area contributed by atoms with Gasteiger partial charge in [-0.25, -0.2) is 13.2 Å². The summed E-state index contributed by atoms with van der Waals surface area (Å²) in [6.07, 6.45) is 0. The molecule has 0 bridgehead atoms. The third kappa shape index (κ3) is 5.47. The summed E-state index contributed by atoms with van der Waals surface area (Å²) in [6.45, 7) is -1.33. The van der Waals surface area contributed by atoms with Crippen LogP contribution in [0.4, 0.5) is 18.9 Å². The lowest BCUT2D eigenvalue weighted by molar-refractivity contribution is -0.146. The molecule has 0 aliphatic heterocycles. The smallest absolute Gasteiger partial charge is 0.325 e. The number of hydrogen-bond donors (Lipinski definition) is 2. The van der Waals surface area contributed by atoms with Crippen molar-refractivity contribution in [3.05, 3.63) is 59.4 Å². The molecule has 0 spiro atoms. The maximum atomic E-state index is 13.4. The first kappa shape index (κ1) is 20.7. The fourth-order valence-corrected chi connectivity index (χ4v) is 2.00. The van der Waals surface area contributed by atoms with Gasteiger partial charge in [-0.2, -0.15) is 0 Å². The predicted molar refractivity (Wildman–Crippen MR) is 91.2 cm³/mol. The van der Waals surface area contributed by atoms with Gasteiger partial charge in [0.2, 0.25) is 0 Å². The highest BCUT2D eigenvalue weighted by molar-refractivity contribution is 5.96. The summed E-state index contributed by atoms with van der Waals surface area (Å²) in [6, 6.07) is 7.56. The number of anilines is 1. The molecule has 2 N–H and O–H groups in total. The zero-order valence-corrected chi connectivity index (χ0v) is 14.6. The maximum Gasteiger partial charge on any atom is 0.325 e. The molecule has 28 heavy (non-hydrogen) atoms. The van der Waals surface area contributed by atoms with Crippen molar-refractivity contribution in [2.75, 3.05) is 25.6 Å². The average Bonchev–Trinajstić information content (AvgIpc) is 2.71. The predicted octanol–water partition coefficient (Wildman–Crippen LogP) is 2.02. The monoisotopic (exact) mass is 396 g/mol. The van der Waals surface area contributed by atoms with Crippen molar-refractivity contribution >= 4 is 23.5 Å². The zero-order valence-electron chi connectivity index (χ0n) is 14.6. The first-order valence-electron chi connectivity index (χ1n) is 7.83. The van der Waals surface area contributed by atoms with Crippen LogP contribution in [0.3, 0.4) is 0 Å². The van der Waals surface area contributed by atoms with E-state index in [1.54, 1.807) is 12.1 Å². The second-order valence-corrected chi connectivity index (χ2v) is 5.34. The number of hydrogen-bond acceptors (Lipinski definition) is 5. The third-order valence-electron chi connectivity index (χ3n) is 3.42. The van der Waals surface area contributed by atoms with Crippen LogP contribution in [-0.4, -0.2) is 38.0 Å². The Kier molecular flexibility index (Phi) is 6.96. The van der Waals surface area contributed by atoms with Gasteiger partial charge >= 0.3 is 5.97 Å². The molecular weight excluding hydrogens is 381 g/mol. The number of methoxy groups -OCH3 is 1. The van der Waals surface area contributed by atoms with E-state index >= 15 is 0 Å². The second kappa shape index (κ2) is 9.40. The summed E-state index contributed by atoms with van der Waals surface area (Å²) < 4.78 is 48.9. The van der Waals surface area contributed by atoms with Crippen LogP contribution in [0, 0.1) is 17.5 Å². The van der Waals surface area contributed by atoms with Crippen molar-refractivity contribution in [1.29, 1.82) is 0 Å². The van der Waals surface area contributed by atoms with E-state index in [2.05, 4.69) is 10.1 Å². The van der Waals surface area contributed by atoms with E-state index in [1.807, 2.05) is 5.32 Å². The number of rotatable bonds is 7. The highest BCUT2D eigenvalue weighted by Crippen LogP contribution is 2.19. The number of halogens is 3. The fourth-order valence-electron chi connectivity index (χ4n) is 2.00. The van der Waals surface area contributed by atoms with Crippen molar-refractivity contribution in [2.24, 2.45) is 0 Å². The standard InChI is InChI=1S/C18H15F3N2O5/c1-27-11-4-2-10(3-5-11)18(26)22-8-15(25)28-9-14(24)23-13-7-6-12(19)16(20)17(13)21/h2-7H,8-9H2,1H3,(H,22,26)(H,23,24). The van der Waals surface area contributed by atoms with E-state index in [0.29, 0.717) is 11.8 Å². The van der Waals surface area contributed by atoms with Crippen molar-refractivity contribution in [3.8, 4) is 5.75 Å². The molecule has 7 nitrogen and oxygen atoms in total. The zero-order chi connectivity index (χ0) is 20.7. The van der Waals surface area contributed by atoms with Gasteiger partial charge in [0.25, 0.3) is 11.8 Å². The molecule has 0 aliphatic carbocycles. The molecule has 0 saturated carbocycles. The average molecular weight is 396 g/mol. The summed E-state index contributed by atoms with van der Waals surface area (Å²) in [4.78, 5) is 35.1. The lowest BCUT2D eigenvalue weighted by atomic mass is 10.2. The molecule has 2 aromatic rings. The van der Waals surface area contributed by atoms with Crippen LogP contribution in [0.5, 0.6) is 5.75 Å². The van der Waals surface area contributed by atoms with Crippen LogP contribution in [0.2, 0.25) is 0 Å². The van der Waals surface area contributed by atoms with Crippen molar-refractivity contribution in [2.45, 2.75) is 0 Å². The van der Waals surface area contributed by atoms with Gasteiger partial charge in [-0.15, -0.1) is 0 Å². The third-order valence-corrected chi connectivity index (χ3v) is 3.42. The molecule has 2 rings (SSSR count). The minimum Gasteiger partial charge on any atom is -0.497 e. The molecule has 0 unspecified atom stereocenters. The molecule has 0 fully saturated rings. The summed E-state index contributed by atoms with van der Waals surface area (Å²) in [5, 5.41) is 4.23. The quantitative estimate of drug-likeness (QED) is 0.552. The van der Waals surface area contributed by atoms with Crippen LogP contribution >= 0.6 is 0 Å². The van der Waals surface area contributed by atoms with Crippen LogP contribution in [0.25, 0.3) is 0 Å². The van der Waals surface area contributed by atoms with E-state index in [-0.39, 0.29) is 5.56 Å². The lowest BCUT2D eigenvalue weighted by Gasteiger charge is -2.09. The van der Waals surface area contributed by atoms with Crippen LogP contribution in [0.1, 0.15) is 10.4 Å². The summed E-state index contributed by atoms with van der Waals surface area (Å²) >= 11 is 0. The Balaban J connectivity index is 1.78. The van der Waals surface area contributed by atoms with Crippen LogP contribution < -0.4 is 15.4 Å². The number of carbonyl (C=O) groups excluding carboxylic acids is 3. The van der Waals surface area contributed by atoms with Gasteiger partial charge in [0.1, 0.15) is 12.3 Å². The van der Waals surface area contributed by atoms with E-state index in [9.17, 15) is 27.6 Å². The van der Waals surface area contributed by atoms with Gasteiger partial charge in [-0.05, 0) is 36.4 Å². The highest BCUT2D eigenvalue weighted by Gasteiger charge is 2.16. The van der Waals surface area contributed by atoms with Gasteiger partial charge in [-0.3, -0.25) is 14.4 Å². The van der Waals surface area contributed by atoms with E-state index in [0.717, 1.165) is 6.07 Å². The van der Waals surface area contributed by atoms with E-state index in [1.165, 1.54) is 19.2 Å². The van der Waals surface area contributed by atoms with Gasteiger partial charge in [-0.1, -0.05) is 0 Å². The van der Waals surface area contributed by atoms with E-state index < -0.39 is 54.1 Å². The Labute approximate surface area is 157 Å². The van der Waals surface area contributed by atoms with Crippen molar-refractivity contribution in [1.82, 2.24) is 5.32 Å². The molecule has 0 heterocycles. The Hall–Kier alpha value is -3.56. The largest absolute Gasteiger partial charge is 0.497 e. The number of nitrogens with one attached hydrogen (secondary N) is 2. The molecule has 0 saturated heterocycles. The number of esters is 1. The second-order valence-electron chi connectivity index (χ2n) is 5.34. The number of ether oxygens (including phenoxy) is 2. The first-order valence-corrected chi connectivity index (χ1v) is 7.83. The highest BCUT2D eigenvalue weighted by atomic mass is 19.2. The van der Waals surface area contributed by atoms with Crippen LogP contribution in [0.15, 0.2) is 36.4 Å². The topological polar surface area (TPSA) is 93.7 Å². The van der Waals surface area contributed by atoms with Crippen LogP contribution in [-0.2, 0) is 14.3 Å². The van der Waals surface area contributed by atoms with Crippen molar-refractivity contribution in [3.63, 3.8) is 0 Å². The summed E-state index contributed by atoms with van der Waals surface area (Å²) in [5.41, 5.74) is -0.326. The number of benzene rings is 2. The SMILES string of the molecule is COc1ccc(C(=O)NCC(=O)OCC(=O)Nc2ccc(F)c(F)c2F)cc1. The number of amides is 2. The minimum atomic E-state index is -1.74. The van der Waals surface area contributed by atoms with Gasteiger partial charge < -0.3 is 20.1 Å². The van der Waals surface area contributed by atoms with Gasteiger partial charge in [0.05, 0.1) is 12.8 Å². The first-order chi connectivity index (χ1) is 13.3. The molecule has 2 amide bonds. The molecular formula is C18H15F3N2O5. The Morgan fingerprint density at radius 2 is 1.64 bits per heavy atom. The molecule has 0 aromatic heterocycles. The molecule has 0 radical (unpaired) electrons. The molecule has 0 aliphatic rings. The Morgan fingerprint density at radius 3 is 2.29 bits per heavy atom. The van der Waals surface area contributed by atoms with E-state index in [4.69, 9.17) is 4.74 Å². The van der Waals surface area contributed by atoms with Crippen molar-refractivity contribution < 1.29 is 37.0 Å². The maximum absolute atomic E-state index is 13.4. The van der Waals surface area contributed by atoms with Gasteiger partial charge in [0.15, 0.2) is 24.1 Å². The molecule has 148 valence electrons. The fraction of sp³-hybridized carbons (Fsp3) is 0.167. The molecule has 0 atom stereocenters. The Morgan fingerprint density at radius 1 is 0.964 bits per heavy atom. The number of carbonyl (C=O) groups is 3. The lowest BCUT2D eigenvalue weighted by Crippen LogP contribution is -2.32. The molecule has 10 heteroatoms. The molecule has 2 aromatic carbocycles.